The molecule has 6 heteroatoms. The Labute approximate surface area is 112 Å². The summed E-state index contributed by atoms with van der Waals surface area (Å²) in [7, 11) is 2.18. The highest BCUT2D eigenvalue weighted by molar-refractivity contribution is 5.87. The number of nitrogens with two attached hydrogens (primary N) is 1. The first kappa shape index (κ1) is 12.3. The molecule has 1 aliphatic rings. The molecule has 1 aliphatic heterocycles. The molecule has 3 heterocycles. The van der Waals surface area contributed by atoms with Gasteiger partial charge in [0.25, 0.3) is 0 Å². The number of piperidine rings is 1. The number of aromatic nitrogens is 4. The van der Waals surface area contributed by atoms with Crippen molar-refractivity contribution in [2.24, 2.45) is 5.92 Å². The van der Waals surface area contributed by atoms with Gasteiger partial charge >= 0.3 is 0 Å². The van der Waals surface area contributed by atoms with Crippen molar-refractivity contribution in [3.8, 4) is 0 Å². The number of hydrogen-bond donors (Lipinski definition) is 1. The van der Waals surface area contributed by atoms with Crippen LogP contribution in [0, 0.1) is 12.8 Å². The van der Waals surface area contributed by atoms with Gasteiger partial charge in [-0.3, -0.25) is 0 Å². The van der Waals surface area contributed by atoms with Crippen LogP contribution in [0.15, 0.2) is 6.33 Å². The summed E-state index contributed by atoms with van der Waals surface area (Å²) in [6.45, 7) is 5.22. The lowest BCUT2D eigenvalue weighted by molar-refractivity contribution is 0.202. The van der Waals surface area contributed by atoms with Crippen LogP contribution in [-0.4, -0.2) is 44.8 Å². The van der Waals surface area contributed by atoms with Crippen LogP contribution in [-0.2, 0) is 6.54 Å². The Morgan fingerprint density at radius 2 is 2.05 bits per heavy atom. The largest absolute Gasteiger partial charge is 0.383 e. The van der Waals surface area contributed by atoms with Crippen molar-refractivity contribution in [2.75, 3.05) is 25.9 Å². The standard InChI is InChI=1S/C13H20N6/c1-9-11-12(14)15-8-16-13(11)19(17-9)7-10-3-5-18(2)6-4-10/h8,10H,3-7H2,1-2H3,(H2,14,15,16). The van der Waals surface area contributed by atoms with Crippen LogP contribution in [0.1, 0.15) is 18.5 Å². The van der Waals surface area contributed by atoms with Gasteiger partial charge < -0.3 is 10.6 Å². The summed E-state index contributed by atoms with van der Waals surface area (Å²) in [5.41, 5.74) is 7.69. The zero-order valence-corrected chi connectivity index (χ0v) is 11.5. The molecule has 0 spiro atoms. The van der Waals surface area contributed by atoms with Crippen LogP contribution in [0.4, 0.5) is 5.82 Å². The van der Waals surface area contributed by atoms with E-state index in [0.717, 1.165) is 23.3 Å². The molecule has 1 fully saturated rings. The molecular formula is C13H20N6. The Bertz CT molecular complexity index is 582. The van der Waals surface area contributed by atoms with E-state index in [1.807, 2.05) is 11.6 Å². The molecule has 0 aliphatic carbocycles. The van der Waals surface area contributed by atoms with Crippen LogP contribution in [0.2, 0.25) is 0 Å². The molecule has 0 radical (unpaired) electrons. The summed E-state index contributed by atoms with van der Waals surface area (Å²) in [6, 6.07) is 0. The molecule has 0 bridgehead atoms. The molecule has 3 rings (SSSR count). The number of rotatable bonds is 2. The smallest absolute Gasteiger partial charge is 0.163 e. The minimum absolute atomic E-state index is 0.525. The fraction of sp³-hybridized carbons (Fsp3) is 0.615. The number of hydrogen-bond acceptors (Lipinski definition) is 5. The third kappa shape index (κ3) is 2.28. The van der Waals surface area contributed by atoms with Crippen molar-refractivity contribution < 1.29 is 0 Å². The van der Waals surface area contributed by atoms with E-state index in [4.69, 9.17) is 5.73 Å². The normalized spacial score (nSPS) is 18.2. The fourth-order valence-electron chi connectivity index (χ4n) is 2.83. The third-order valence-electron chi connectivity index (χ3n) is 4.00. The van der Waals surface area contributed by atoms with Gasteiger partial charge in [-0.1, -0.05) is 0 Å². The van der Waals surface area contributed by atoms with Crippen molar-refractivity contribution in [2.45, 2.75) is 26.3 Å². The molecule has 0 amide bonds. The predicted molar refractivity (Wildman–Crippen MR) is 74.7 cm³/mol. The average molecular weight is 260 g/mol. The molecule has 2 N–H and O–H groups in total. The molecule has 6 nitrogen and oxygen atoms in total. The molecule has 2 aromatic rings. The lowest BCUT2D eigenvalue weighted by atomic mass is 9.97. The van der Waals surface area contributed by atoms with Gasteiger partial charge in [0.2, 0.25) is 0 Å². The number of nitrogens with zero attached hydrogens (tertiary/aromatic N) is 5. The second-order valence-electron chi connectivity index (χ2n) is 5.47. The van der Waals surface area contributed by atoms with E-state index in [2.05, 4.69) is 27.0 Å². The number of anilines is 1. The zero-order chi connectivity index (χ0) is 13.4. The quantitative estimate of drug-likeness (QED) is 0.874. The Hall–Kier alpha value is -1.69. The van der Waals surface area contributed by atoms with Crippen molar-refractivity contribution in [3.05, 3.63) is 12.0 Å². The Kier molecular flexibility index (Phi) is 3.10. The molecule has 1 saturated heterocycles. The Balaban J connectivity index is 1.87. The first-order chi connectivity index (χ1) is 9.15. The van der Waals surface area contributed by atoms with Crippen molar-refractivity contribution in [3.63, 3.8) is 0 Å². The highest BCUT2D eigenvalue weighted by Crippen LogP contribution is 2.23. The van der Waals surface area contributed by atoms with Crippen molar-refractivity contribution >= 4 is 16.9 Å². The third-order valence-corrected chi connectivity index (χ3v) is 4.00. The minimum Gasteiger partial charge on any atom is -0.383 e. The van der Waals surface area contributed by atoms with Gasteiger partial charge in [0, 0.05) is 6.54 Å². The second-order valence-corrected chi connectivity index (χ2v) is 5.47. The van der Waals surface area contributed by atoms with Crippen molar-refractivity contribution in [1.29, 1.82) is 0 Å². The summed E-state index contributed by atoms with van der Waals surface area (Å²) in [5, 5.41) is 5.48. The Morgan fingerprint density at radius 3 is 2.79 bits per heavy atom. The van der Waals surface area contributed by atoms with Gasteiger partial charge in [-0.25, -0.2) is 14.6 Å². The first-order valence-corrected chi connectivity index (χ1v) is 6.77. The number of fused-ring (bicyclic) bond motifs is 1. The van der Waals surface area contributed by atoms with E-state index in [-0.39, 0.29) is 0 Å². The van der Waals surface area contributed by atoms with E-state index >= 15 is 0 Å². The summed E-state index contributed by atoms with van der Waals surface area (Å²) in [5.74, 6) is 1.20. The highest BCUT2D eigenvalue weighted by atomic mass is 15.3. The SMILES string of the molecule is Cc1nn(CC2CCN(C)CC2)c2ncnc(N)c12. The molecule has 102 valence electrons. The average Bonchev–Trinajstić information content (AvgIpc) is 2.70. The van der Waals surface area contributed by atoms with Crippen molar-refractivity contribution in [1.82, 2.24) is 24.6 Å². The molecule has 2 aromatic heterocycles. The molecule has 0 unspecified atom stereocenters. The lowest BCUT2D eigenvalue weighted by Crippen LogP contribution is -2.32. The van der Waals surface area contributed by atoms with Gasteiger partial charge in [-0.05, 0) is 45.8 Å². The molecule has 0 saturated carbocycles. The summed E-state index contributed by atoms with van der Waals surface area (Å²) >= 11 is 0. The maximum absolute atomic E-state index is 5.91. The van der Waals surface area contributed by atoms with Gasteiger partial charge in [-0.2, -0.15) is 5.10 Å². The first-order valence-electron chi connectivity index (χ1n) is 6.77. The number of likely N-dealkylation sites (tertiary alicyclic amines) is 1. The van der Waals surface area contributed by atoms with Crippen LogP contribution in [0.25, 0.3) is 11.0 Å². The number of nitrogen functional groups attached to an aromatic ring is 1. The summed E-state index contributed by atoms with van der Waals surface area (Å²) < 4.78 is 2.00. The molecular weight excluding hydrogens is 240 g/mol. The minimum atomic E-state index is 0.525. The van der Waals surface area contributed by atoms with E-state index in [9.17, 15) is 0 Å². The van der Waals surface area contributed by atoms with E-state index in [1.165, 1.54) is 32.3 Å². The van der Waals surface area contributed by atoms with Gasteiger partial charge in [0.1, 0.15) is 12.1 Å². The molecule has 0 aromatic carbocycles. The van der Waals surface area contributed by atoms with Gasteiger partial charge in [-0.15, -0.1) is 0 Å². The fourth-order valence-corrected chi connectivity index (χ4v) is 2.83. The molecule has 19 heavy (non-hydrogen) atoms. The van der Waals surface area contributed by atoms with Crippen LogP contribution in [0.5, 0.6) is 0 Å². The Morgan fingerprint density at radius 1 is 1.32 bits per heavy atom. The monoisotopic (exact) mass is 260 g/mol. The van der Waals surface area contributed by atoms with E-state index < -0.39 is 0 Å². The van der Waals surface area contributed by atoms with Crippen LogP contribution >= 0.6 is 0 Å². The summed E-state index contributed by atoms with van der Waals surface area (Å²) in [4.78, 5) is 10.8. The maximum atomic E-state index is 5.91. The van der Waals surface area contributed by atoms with Crippen LogP contribution in [0.3, 0.4) is 0 Å². The topological polar surface area (TPSA) is 72.9 Å². The van der Waals surface area contributed by atoms with E-state index in [0.29, 0.717) is 11.7 Å². The highest BCUT2D eigenvalue weighted by Gasteiger charge is 2.20. The van der Waals surface area contributed by atoms with Gasteiger partial charge in [0.15, 0.2) is 5.65 Å². The zero-order valence-electron chi connectivity index (χ0n) is 11.5. The maximum Gasteiger partial charge on any atom is 0.163 e. The predicted octanol–water partition coefficient (Wildman–Crippen LogP) is 1.06. The molecule has 0 atom stereocenters. The van der Waals surface area contributed by atoms with Gasteiger partial charge in [0.05, 0.1) is 11.1 Å². The van der Waals surface area contributed by atoms with E-state index in [1.54, 1.807) is 0 Å². The van der Waals surface area contributed by atoms with Crippen LogP contribution < -0.4 is 5.73 Å². The summed E-state index contributed by atoms with van der Waals surface area (Å²) in [6.07, 6.45) is 3.96. The second kappa shape index (κ2) is 4.77. The number of aryl methyl sites for hydroxylation is 1. The lowest BCUT2D eigenvalue weighted by Gasteiger charge is -2.28.